The maximum absolute atomic E-state index is 12.2. The number of rotatable bonds is 6. The highest BCUT2D eigenvalue weighted by Gasteiger charge is 2.21. The highest BCUT2D eigenvalue weighted by molar-refractivity contribution is 5.62. The standard InChI is InChI=1S/C13H24N4O3/c1-5-6-7-17-11(14)10(15(3)9(2)8-18)12(19)16(4)13(17)20/h9,18H,5-8,14H2,1-4H3. The molecule has 0 aliphatic carbocycles. The molecule has 7 heteroatoms. The number of hydrogen-bond acceptors (Lipinski definition) is 5. The summed E-state index contributed by atoms with van der Waals surface area (Å²) in [5.41, 5.74) is 5.42. The Kier molecular flexibility index (Phi) is 5.38. The van der Waals surface area contributed by atoms with E-state index in [1.165, 1.54) is 11.6 Å². The van der Waals surface area contributed by atoms with Crippen LogP contribution in [0.25, 0.3) is 0 Å². The zero-order chi connectivity index (χ0) is 15.4. The Balaban J connectivity index is 3.48. The molecule has 0 aliphatic heterocycles. The van der Waals surface area contributed by atoms with Gasteiger partial charge in [0, 0.05) is 26.7 Å². The summed E-state index contributed by atoms with van der Waals surface area (Å²) in [5, 5.41) is 9.22. The molecule has 1 aromatic rings. The molecule has 0 saturated heterocycles. The first-order valence-electron chi connectivity index (χ1n) is 6.79. The summed E-state index contributed by atoms with van der Waals surface area (Å²) >= 11 is 0. The van der Waals surface area contributed by atoms with Crippen molar-refractivity contribution in [3.63, 3.8) is 0 Å². The van der Waals surface area contributed by atoms with Crippen LogP contribution in [-0.2, 0) is 13.6 Å². The molecule has 0 saturated carbocycles. The van der Waals surface area contributed by atoms with Gasteiger partial charge in [-0.1, -0.05) is 13.3 Å². The van der Waals surface area contributed by atoms with E-state index < -0.39 is 11.2 Å². The third kappa shape index (κ3) is 2.87. The first kappa shape index (κ1) is 16.3. The van der Waals surface area contributed by atoms with Crippen molar-refractivity contribution in [1.82, 2.24) is 9.13 Å². The molecule has 0 amide bonds. The Hall–Kier alpha value is -1.76. The fraction of sp³-hybridized carbons (Fsp3) is 0.692. The number of nitrogens with zero attached hydrogens (tertiary/aromatic N) is 3. The van der Waals surface area contributed by atoms with Crippen molar-refractivity contribution in [1.29, 1.82) is 0 Å². The van der Waals surface area contributed by atoms with E-state index in [2.05, 4.69) is 0 Å². The van der Waals surface area contributed by atoms with Crippen molar-refractivity contribution < 1.29 is 5.11 Å². The van der Waals surface area contributed by atoms with E-state index in [0.717, 1.165) is 17.4 Å². The van der Waals surface area contributed by atoms with Crippen molar-refractivity contribution in [3.8, 4) is 0 Å². The third-order valence-corrected chi connectivity index (χ3v) is 3.57. The Labute approximate surface area is 118 Å². The molecule has 0 bridgehead atoms. The summed E-state index contributed by atoms with van der Waals surface area (Å²) in [6, 6.07) is -0.262. The van der Waals surface area contributed by atoms with Crippen LogP contribution < -0.4 is 21.9 Å². The van der Waals surface area contributed by atoms with Gasteiger partial charge in [-0.05, 0) is 13.3 Å². The van der Waals surface area contributed by atoms with Crippen LogP contribution in [0, 0.1) is 0 Å². The van der Waals surface area contributed by atoms with Crippen LogP contribution in [0.2, 0.25) is 0 Å². The third-order valence-electron chi connectivity index (χ3n) is 3.57. The average molecular weight is 284 g/mol. The van der Waals surface area contributed by atoms with E-state index in [1.54, 1.807) is 18.9 Å². The molecule has 1 aromatic heterocycles. The lowest BCUT2D eigenvalue weighted by Crippen LogP contribution is -2.45. The van der Waals surface area contributed by atoms with Gasteiger partial charge >= 0.3 is 5.69 Å². The molecule has 0 aromatic carbocycles. The van der Waals surface area contributed by atoms with Gasteiger partial charge in [0.25, 0.3) is 5.56 Å². The minimum Gasteiger partial charge on any atom is -0.394 e. The quantitative estimate of drug-likeness (QED) is 0.751. The van der Waals surface area contributed by atoms with Gasteiger partial charge in [0.05, 0.1) is 6.61 Å². The molecule has 1 atom stereocenters. The van der Waals surface area contributed by atoms with Gasteiger partial charge in [-0.2, -0.15) is 0 Å². The van der Waals surface area contributed by atoms with Crippen LogP contribution in [0.5, 0.6) is 0 Å². The number of nitrogen functional groups attached to an aromatic ring is 1. The maximum Gasteiger partial charge on any atom is 0.332 e. The molecule has 0 radical (unpaired) electrons. The highest BCUT2D eigenvalue weighted by atomic mass is 16.3. The van der Waals surface area contributed by atoms with Crippen LogP contribution in [0.3, 0.4) is 0 Å². The predicted molar refractivity (Wildman–Crippen MR) is 80.2 cm³/mol. The van der Waals surface area contributed by atoms with E-state index in [0.29, 0.717) is 6.54 Å². The summed E-state index contributed by atoms with van der Waals surface area (Å²) in [6.45, 7) is 4.17. The van der Waals surface area contributed by atoms with Crippen LogP contribution >= 0.6 is 0 Å². The summed E-state index contributed by atoms with van der Waals surface area (Å²) in [7, 11) is 3.12. The van der Waals surface area contributed by atoms with Crippen LogP contribution in [0.4, 0.5) is 11.5 Å². The van der Waals surface area contributed by atoms with Crippen molar-refractivity contribution in [2.45, 2.75) is 39.3 Å². The highest BCUT2D eigenvalue weighted by Crippen LogP contribution is 2.17. The zero-order valence-corrected chi connectivity index (χ0v) is 12.6. The summed E-state index contributed by atoms with van der Waals surface area (Å²) < 4.78 is 2.47. The molecular formula is C13H24N4O3. The molecule has 114 valence electrons. The number of aromatic nitrogens is 2. The molecular weight excluding hydrogens is 260 g/mol. The summed E-state index contributed by atoms with van der Waals surface area (Å²) in [5.74, 6) is 0.161. The monoisotopic (exact) mass is 284 g/mol. The number of aliphatic hydroxyl groups is 1. The van der Waals surface area contributed by atoms with Crippen LogP contribution in [0.15, 0.2) is 9.59 Å². The Morgan fingerprint density at radius 1 is 1.40 bits per heavy atom. The molecule has 1 heterocycles. The number of likely N-dealkylation sites (N-methyl/N-ethyl adjacent to an activating group) is 1. The van der Waals surface area contributed by atoms with Crippen LogP contribution in [0.1, 0.15) is 26.7 Å². The maximum atomic E-state index is 12.2. The first-order valence-corrected chi connectivity index (χ1v) is 6.79. The van der Waals surface area contributed by atoms with Gasteiger partial charge in [0.1, 0.15) is 11.5 Å². The lowest BCUT2D eigenvalue weighted by Gasteiger charge is -2.27. The molecule has 1 rings (SSSR count). The van der Waals surface area contributed by atoms with Gasteiger partial charge in [0.2, 0.25) is 0 Å². The fourth-order valence-electron chi connectivity index (χ4n) is 1.97. The van der Waals surface area contributed by atoms with Gasteiger partial charge in [-0.3, -0.25) is 13.9 Å². The Bertz CT molecular complexity index is 576. The normalized spacial score (nSPS) is 12.4. The topological polar surface area (TPSA) is 93.5 Å². The largest absolute Gasteiger partial charge is 0.394 e. The minimum atomic E-state index is -0.442. The molecule has 0 spiro atoms. The summed E-state index contributed by atoms with van der Waals surface area (Å²) in [6.07, 6.45) is 1.73. The Morgan fingerprint density at radius 2 is 2.00 bits per heavy atom. The molecule has 0 aliphatic rings. The van der Waals surface area contributed by atoms with Gasteiger partial charge < -0.3 is 15.7 Å². The van der Waals surface area contributed by atoms with E-state index in [-0.39, 0.29) is 24.2 Å². The lowest BCUT2D eigenvalue weighted by molar-refractivity contribution is 0.270. The molecule has 1 unspecified atom stereocenters. The summed E-state index contributed by atoms with van der Waals surface area (Å²) in [4.78, 5) is 26.0. The van der Waals surface area contributed by atoms with Crippen LogP contribution in [-0.4, -0.2) is 33.9 Å². The van der Waals surface area contributed by atoms with Crippen molar-refractivity contribution in [2.24, 2.45) is 7.05 Å². The number of unbranched alkanes of at least 4 members (excludes halogenated alkanes) is 1. The lowest BCUT2D eigenvalue weighted by atomic mass is 10.2. The molecule has 7 nitrogen and oxygen atoms in total. The molecule has 0 fully saturated rings. The Morgan fingerprint density at radius 3 is 2.50 bits per heavy atom. The second-order valence-electron chi connectivity index (χ2n) is 5.03. The molecule has 3 N–H and O–H groups in total. The van der Waals surface area contributed by atoms with Crippen molar-refractivity contribution in [2.75, 3.05) is 24.3 Å². The molecule has 20 heavy (non-hydrogen) atoms. The average Bonchev–Trinajstić information content (AvgIpc) is 2.44. The minimum absolute atomic E-state index is 0.104. The van der Waals surface area contributed by atoms with E-state index in [1.807, 2.05) is 6.92 Å². The zero-order valence-electron chi connectivity index (χ0n) is 12.6. The second-order valence-corrected chi connectivity index (χ2v) is 5.03. The SMILES string of the molecule is CCCCn1c(N)c(N(C)C(C)CO)c(=O)n(C)c1=O. The van der Waals surface area contributed by atoms with Crippen molar-refractivity contribution >= 4 is 11.5 Å². The smallest absolute Gasteiger partial charge is 0.332 e. The number of aliphatic hydroxyl groups excluding tert-OH is 1. The number of anilines is 2. The number of hydrogen-bond donors (Lipinski definition) is 2. The second kappa shape index (κ2) is 6.60. The van der Waals surface area contributed by atoms with Crippen molar-refractivity contribution in [3.05, 3.63) is 20.8 Å². The van der Waals surface area contributed by atoms with E-state index in [9.17, 15) is 14.7 Å². The van der Waals surface area contributed by atoms with Gasteiger partial charge in [-0.15, -0.1) is 0 Å². The van der Waals surface area contributed by atoms with E-state index in [4.69, 9.17) is 5.73 Å². The van der Waals surface area contributed by atoms with E-state index >= 15 is 0 Å². The predicted octanol–water partition coefficient (Wildman–Crippen LogP) is -0.254. The van der Waals surface area contributed by atoms with Gasteiger partial charge in [-0.25, -0.2) is 4.79 Å². The fourth-order valence-corrected chi connectivity index (χ4v) is 1.97. The first-order chi connectivity index (χ1) is 9.36. The number of nitrogens with two attached hydrogens (primary N) is 1. The van der Waals surface area contributed by atoms with Gasteiger partial charge in [0.15, 0.2) is 0 Å².